The molecular formula is C13H17N5O2. The van der Waals surface area contributed by atoms with Crippen molar-refractivity contribution >= 4 is 11.9 Å². The highest BCUT2D eigenvalue weighted by atomic mass is 16.5. The van der Waals surface area contributed by atoms with Crippen LogP contribution in [-0.2, 0) is 6.54 Å². The smallest absolute Gasteiger partial charge is 0.322 e. The fraction of sp³-hybridized carbons (Fsp3) is 0.308. The summed E-state index contributed by atoms with van der Waals surface area (Å²) in [5.41, 5.74) is 1.01. The monoisotopic (exact) mass is 275 g/mol. The van der Waals surface area contributed by atoms with E-state index in [1.54, 1.807) is 14.2 Å². The highest BCUT2D eigenvalue weighted by Crippen LogP contribution is 2.18. The minimum Gasteiger partial charge on any atom is -0.496 e. The molecule has 0 bridgehead atoms. The molecule has 2 aromatic rings. The van der Waals surface area contributed by atoms with Crippen LogP contribution in [0.25, 0.3) is 0 Å². The third kappa shape index (κ3) is 3.25. The van der Waals surface area contributed by atoms with E-state index >= 15 is 0 Å². The maximum absolute atomic E-state index is 5.29. The molecule has 1 heterocycles. The molecule has 7 heteroatoms. The van der Waals surface area contributed by atoms with Crippen molar-refractivity contribution in [2.75, 3.05) is 31.9 Å². The number of nitrogens with one attached hydrogen (secondary N) is 2. The Morgan fingerprint density at radius 2 is 1.75 bits per heavy atom. The Hall–Kier alpha value is -2.57. The molecule has 0 saturated carbocycles. The first kappa shape index (κ1) is 13.9. The van der Waals surface area contributed by atoms with Crippen molar-refractivity contribution in [2.45, 2.75) is 6.54 Å². The van der Waals surface area contributed by atoms with Gasteiger partial charge in [0, 0.05) is 19.2 Å². The maximum Gasteiger partial charge on any atom is 0.322 e. The lowest BCUT2D eigenvalue weighted by atomic mass is 10.2. The summed E-state index contributed by atoms with van der Waals surface area (Å²) in [7, 11) is 4.89. The Kier molecular flexibility index (Phi) is 4.54. The van der Waals surface area contributed by atoms with E-state index in [-0.39, 0.29) is 6.01 Å². The summed E-state index contributed by atoms with van der Waals surface area (Å²) in [4.78, 5) is 12.4. The summed E-state index contributed by atoms with van der Waals surface area (Å²) in [6.45, 7) is 0.542. The van der Waals surface area contributed by atoms with Gasteiger partial charge in [-0.1, -0.05) is 18.2 Å². The molecule has 0 amide bonds. The van der Waals surface area contributed by atoms with Gasteiger partial charge in [-0.05, 0) is 6.07 Å². The second-order valence-electron chi connectivity index (χ2n) is 3.88. The van der Waals surface area contributed by atoms with E-state index in [4.69, 9.17) is 9.47 Å². The molecule has 106 valence electrons. The highest BCUT2D eigenvalue weighted by molar-refractivity contribution is 5.39. The van der Waals surface area contributed by atoms with Crippen LogP contribution in [0.15, 0.2) is 24.3 Å². The van der Waals surface area contributed by atoms with Gasteiger partial charge in [0.15, 0.2) is 0 Å². The van der Waals surface area contributed by atoms with Gasteiger partial charge in [-0.3, -0.25) is 0 Å². The van der Waals surface area contributed by atoms with Crippen LogP contribution in [0.5, 0.6) is 11.8 Å². The van der Waals surface area contributed by atoms with Crippen LogP contribution < -0.4 is 20.1 Å². The number of hydrogen-bond donors (Lipinski definition) is 2. The van der Waals surface area contributed by atoms with Crippen molar-refractivity contribution in [3.05, 3.63) is 29.8 Å². The van der Waals surface area contributed by atoms with Crippen LogP contribution in [0.2, 0.25) is 0 Å². The van der Waals surface area contributed by atoms with Crippen molar-refractivity contribution in [1.29, 1.82) is 0 Å². The number of benzene rings is 1. The minimum atomic E-state index is 0.256. The van der Waals surface area contributed by atoms with E-state index in [0.717, 1.165) is 11.3 Å². The van der Waals surface area contributed by atoms with Crippen LogP contribution in [0.3, 0.4) is 0 Å². The Balaban J connectivity index is 2.14. The minimum absolute atomic E-state index is 0.256. The third-order valence-corrected chi connectivity index (χ3v) is 2.65. The van der Waals surface area contributed by atoms with Crippen molar-refractivity contribution in [2.24, 2.45) is 0 Å². The van der Waals surface area contributed by atoms with E-state index in [9.17, 15) is 0 Å². The van der Waals surface area contributed by atoms with Gasteiger partial charge in [0.05, 0.1) is 14.2 Å². The van der Waals surface area contributed by atoms with Crippen LogP contribution >= 0.6 is 0 Å². The zero-order valence-electron chi connectivity index (χ0n) is 11.7. The van der Waals surface area contributed by atoms with E-state index in [0.29, 0.717) is 18.4 Å². The van der Waals surface area contributed by atoms with Gasteiger partial charge in [0.1, 0.15) is 5.75 Å². The van der Waals surface area contributed by atoms with E-state index in [1.165, 1.54) is 7.11 Å². The first-order chi connectivity index (χ1) is 9.76. The topological polar surface area (TPSA) is 81.2 Å². The first-order valence-corrected chi connectivity index (χ1v) is 6.10. The largest absolute Gasteiger partial charge is 0.496 e. The Bertz CT molecular complexity index is 554. The lowest BCUT2D eigenvalue weighted by Gasteiger charge is -2.10. The second kappa shape index (κ2) is 6.55. The fourth-order valence-corrected chi connectivity index (χ4v) is 1.66. The van der Waals surface area contributed by atoms with Crippen LogP contribution in [0.4, 0.5) is 11.9 Å². The zero-order valence-corrected chi connectivity index (χ0v) is 11.7. The molecule has 0 spiro atoms. The zero-order chi connectivity index (χ0) is 14.4. The molecule has 7 nitrogen and oxygen atoms in total. The number of anilines is 2. The normalized spacial score (nSPS) is 9.95. The summed E-state index contributed by atoms with van der Waals surface area (Å²) in [5, 5.41) is 5.98. The van der Waals surface area contributed by atoms with Gasteiger partial charge in [-0.15, -0.1) is 0 Å². The number of aromatic nitrogens is 3. The number of para-hydroxylation sites is 1. The fourth-order valence-electron chi connectivity index (χ4n) is 1.66. The van der Waals surface area contributed by atoms with Crippen molar-refractivity contribution in [3.63, 3.8) is 0 Å². The standard InChI is InChI=1S/C13H17N5O2/c1-14-11-16-12(18-13(17-11)20-3)15-8-9-6-4-5-7-10(9)19-2/h4-7H,8H2,1-3H3,(H2,14,15,16,17,18). The Morgan fingerprint density at radius 1 is 1.00 bits per heavy atom. The van der Waals surface area contributed by atoms with E-state index in [2.05, 4.69) is 25.6 Å². The Labute approximate surface area is 117 Å². The molecular weight excluding hydrogens is 258 g/mol. The molecule has 2 rings (SSSR count). The molecule has 2 N–H and O–H groups in total. The average molecular weight is 275 g/mol. The van der Waals surface area contributed by atoms with Crippen molar-refractivity contribution in [3.8, 4) is 11.8 Å². The summed E-state index contributed by atoms with van der Waals surface area (Å²) in [6.07, 6.45) is 0. The van der Waals surface area contributed by atoms with Gasteiger partial charge in [0.2, 0.25) is 11.9 Å². The lowest BCUT2D eigenvalue weighted by Crippen LogP contribution is -2.09. The quantitative estimate of drug-likeness (QED) is 0.827. The molecule has 1 aromatic carbocycles. The van der Waals surface area contributed by atoms with Crippen LogP contribution in [-0.4, -0.2) is 36.2 Å². The van der Waals surface area contributed by atoms with E-state index in [1.807, 2.05) is 24.3 Å². The molecule has 0 atom stereocenters. The van der Waals surface area contributed by atoms with Gasteiger partial charge < -0.3 is 20.1 Å². The maximum atomic E-state index is 5.29. The van der Waals surface area contributed by atoms with Crippen LogP contribution in [0.1, 0.15) is 5.56 Å². The molecule has 0 unspecified atom stereocenters. The van der Waals surface area contributed by atoms with Gasteiger partial charge in [0.25, 0.3) is 0 Å². The predicted molar refractivity (Wildman–Crippen MR) is 76.2 cm³/mol. The van der Waals surface area contributed by atoms with E-state index < -0.39 is 0 Å². The summed E-state index contributed by atoms with van der Waals surface area (Å²) in [5.74, 6) is 1.70. The molecule has 0 saturated heterocycles. The molecule has 1 aromatic heterocycles. The number of nitrogens with zero attached hydrogens (tertiary/aromatic N) is 3. The van der Waals surface area contributed by atoms with Gasteiger partial charge in [-0.25, -0.2) is 0 Å². The van der Waals surface area contributed by atoms with Gasteiger partial charge in [-0.2, -0.15) is 15.0 Å². The SMILES string of the molecule is CNc1nc(NCc2ccccc2OC)nc(OC)n1. The molecule has 0 aliphatic rings. The number of hydrogen-bond acceptors (Lipinski definition) is 7. The molecule has 0 fully saturated rings. The number of ether oxygens (including phenoxy) is 2. The summed E-state index contributed by atoms with van der Waals surface area (Å²) in [6, 6.07) is 8.01. The highest BCUT2D eigenvalue weighted by Gasteiger charge is 2.07. The summed E-state index contributed by atoms with van der Waals surface area (Å²) < 4.78 is 10.3. The van der Waals surface area contributed by atoms with Gasteiger partial charge >= 0.3 is 6.01 Å². The van der Waals surface area contributed by atoms with Crippen molar-refractivity contribution < 1.29 is 9.47 Å². The predicted octanol–water partition coefficient (Wildman–Crippen LogP) is 1.54. The summed E-state index contributed by atoms with van der Waals surface area (Å²) >= 11 is 0. The molecule has 0 aliphatic carbocycles. The average Bonchev–Trinajstić information content (AvgIpc) is 2.52. The third-order valence-electron chi connectivity index (χ3n) is 2.65. The van der Waals surface area contributed by atoms with Crippen LogP contribution in [0, 0.1) is 0 Å². The lowest BCUT2D eigenvalue weighted by molar-refractivity contribution is 0.379. The first-order valence-electron chi connectivity index (χ1n) is 6.10. The second-order valence-corrected chi connectivity index (χ2v) is 3.88. The van der Waals surface area contributed by atoms with Crippen molar-refractivity contribution in [1.82, 2.24) is 15.0 Å². The molecule has 20 heavy (non-hydrogen) atoms. The number of rotatable bonds is 6. The molecule has 0 radical (unpaired) electrons. The number of methoxy groups -OCH3 is 2. The Morgan fingerprint density at radius 3 is 2.45 bits per heavy atom. The molecule has 0 aliphatic heterocycles.